The van der Waals surface area contributed by atoms with E-state index in [1.807, 2.05) is 39.8 Å². The van der Waals surface area contributed by atoms with Crippen molar-refractivity contribution in [1.82, 2.24) is 5.32 Å². The van der Waals surface area contributed by atoms with Crippen LogP contribution in [0.25, 0.3) is 0 Å². The van der Waals surface area contributed by atoms with Crippen molar-refractivity contribution in [1.29, 1.82) is 0 Å². The second kappa shape index (κ2) is 6.10. The van der Waals surface area contributed by atoms with E-state index >= 15 is 0 Å². The first-order valence-corrected chi connectivity index (χ1v) is 7.61. The minimum absolute atomic E-state index is 0.323. The first kappa shape index (κ1) is 17.1. The third-order valence-corrected chi connectivity index (χ3v) is 4.52. The number of nitrogens with one attached hydrogen (secondary N) is 1. The molecule has 1 fully saturated rings. The van der Waals surface area contributed by atoms with Crippen LogP contribution >= 0.6 is 11.6 Å². The average molecular weight is 326 g/mol. The number of amides is 1. The Morgan fingerprint density at radius 3 is 2.41 bits per heavy atom. The molecule has 0 atom stereocenters. The van der Waals surface area contributed by atoms with Crippen molar-refractivity contribution in [3.8, 4) is 0 Å². The normalized spacial score (nSPS) is 19.2. The van der Waals surface area contributed by atoms with Crippen molar-refractivity contribution < 1.29 is 19.2 Å². The SMILES string of the molecule is CC1(C)OB(c2cc(Cl)ccc2CCNC(=O)O)OC1(C)C. The summed E-state index contributed by atoms with van der Waals surface area (Å²) in [5.41, 5.74) is 0.933. The van der Waals surface area contributed by atoms with Crippen molar-refractivity contribution in [2.75, 3.05) is 6.54 Å². The van der Waals surface area contributed by atoms with Crippen LogP contribution in [-0.4, -0.2) is 36.1 Å². The van der Waals surface area contributed by atoms with Gasteiger partial charge in [-0.3, -0.25) is 0 Å². The molecule has 1 amide bonds. The number of benzene rings is 1. The molecule has 2 rings (SSSR count). The van der Waals surface area contributed by atoms with Crippen LogP contribution in [0.15, 0.2) is 18.2 Å². The van der Waals surface area contributed by atoms with E-state index in [0.717, 1.165) is 11.0 Å². The summed E-state index contributed by atoms with van der Waals surface area (Å²) >= 11 is 6.10. The Morgan fingerprint density at radius 1 is 1.27 bits per heavy atom. The summed E-state index contributed by atoms with van der Waals surface area (Å²) in [4.78, 5) is 10.6. The van der Waals surface area contributed by atoms with E-state index in [1.54, 1.807) is 6.07 Å². The van der Waals surface area contributed by atoms with Gasteiger partial charge in [0.15, 0.2) is 0 Å². The summed E-state index contributed by atoms with van der Waals surface area (Å²) in [6.07, 6.45) is -0.491. The van der Waals surface area contributed by atoms with Crippen molar-refractivity contribution >= 4 is 30.3 Å². The molecule has 0 saturated carbocycles. The Balaban J connectivity index is 2.23. The fourth-order valence-electron chi connectivity index (χ4n) is 2.29. The van der Waals surface area contributed by atoms with Crippen LogP contribution in [0.5, 0.6) is 0 Å². The van der Waals surface area contributed by atoms with E-state index in [0.29, 0.717) is 18.0 Å². The number of hydrogen-bond acceptors (Lipinski definition) is 3. The Bertz CT molecular complexity index is 561. The van der Waals surface area contributed by atoms with Crippen LogP contribution in [0.4, 0.5) is 4.79 Å². The summed E-state index contributed by atoms with van der Waals surface area (Å²) in [6.45, 7) is 8.28. The monoisotopic (exact) mass is 325 g/mol. The van der Waals surface area contributed by atoms with E-state index in [1.165, 1.54) is 0 Å². The highest BCUT2D eigenvalue weighted by Crippen LogP contribution is 2.36. The second-order valence-electron chi connectivity index (χ2n) is 6.41. The lowest BCUT2D eigenvalue weighted by Crippen LogP contribution is -2.41. The van der Waals surface area contributed by atoms with Crippen LogP contribution < -0.4 is 10.8 Å². The lowest BCUT2D eigenvalue weighted by molar-refractivity contribution is 0.00578. The van der Waals surface area contributed by atoms with Gasteiger partial charge in [-0.2, -0.15) is 0 Å². The highest BCUT2D eigenvalue weighted by molar-refractivity contribution is 6.63. The van der Waals surface area contributed by atoms with Crippen LogP contribution in [0.3, 0.4) is 0 Å². The molecule has 0 bridgehead atoms. The van der Waals surface area contributed by atoms with E-state index in [9.17, 15) is 4.79 Å². The van der Waals surface area contributed by atoms with Gasteiger partial charge in [0.25, 0.3) is 0 Å². The van der Waals surface area contributed by atoms with Crippen molar-refractivity contribution in [2.24, 2.45) is 0 Å². The predicted octanol–water partition coefficient (Wildman–Crippen LogP) is 2.45. The van der Waals surface area contributed by atoms with Crippen molar-refractivity contribution in [3.63, 3.8) is 0 Å². The van der Waals surface area contributed by atoms with Gasteiger partial charge in [0, 0.05) is 11.6 Å². The molecule has 22 heavy (non-hydrogen) atoms. The van der Waals surface area contributed by atoms with Gasteiger partial charge in [-0.05, 0) is 57.3 Å². The number of halogens is 1. The number of carbonyl (C=O) groups is 1. The molecular weight excluding hydrogens is 304 g/mol. The van der Waals surface area contributed by atoms with Gasteiger partial charge >= 0.3 is 13.2 Å². The molecule has 0 aliphatic carbocycles. The molecule has 1 saturated heterocycles. The minimum Gasteiger partial charge on any atom is -0.465 e. The Labute approximate surface area is 136 Å². The second-order valence-corrected chi connectivity index (χ2v) is 6.85. The Morgan fingerprint density at radius 2 is 1.86 bits per heavy atom. The number of rotatable bonds is 4. The van der Waals surface area contributed by atoms with Crippen LogP contribution in [0.1, 0.15) is 33.3 Å². The summed E-state index contributed by atoms with van der Waals surface area (Å²) in [6, 6.07) is 5.48. The third kappa shape index (κ3) is 3.56. The van der Waals surface area contributed by atoms with E-state index in [2.05, 4.69) is 5.32 Å². The van der Waals surface area contributed by atoms with E-state index in [4.69, 9.17) is 26.0 Å². The molecule has 1 aliphatic heterocycles. The summed E-state index contributed by atoms with van der Waals surface area (Å²) < 4.78 is 12.1. The smallest absolute Gasteiger partial charge is 0.465 e. The largest absolute Gasteiger partial charge is 0.495 e. The molecule has 0 unspecified atom stereocenters. The maximum Gasteiger partial charge on any atom is 0.495 e. The lowest BCUT2D eigenvalue weighted by Gasteiger charge is -2.32. The van der Waals surface area contributed by atoms with Gasteiger partial charge < -0.3 is 19.7 Å². The summed E-state index contributed by atoms with van der Waals surface area (Å²) in [7, 11) is -0.511. The Hall–Kier alpha value is -1.24. The first-order chi connectivity index (χ1) is 10.1. The molecule has 5 nitrogen and oxygen atoms in total. The van der Waals surface area contributed by atoms with Crippen LogP contribution in [0, 0.1) is 0 Å². The summed E-state index contributed by atoms with van der Waals surface area (Å²) in [5, 5.41) is 11.6. The zero-order chi connectivity index (χ0) is 16.5. The number of carboxylic acid groups (broad SMARTS) is 1. The van der Waals surface area contributed by atoms with Gasteiger partial charge in [0.2, 0.25) is 0 Å². The number of hydrogen-bond donors (Lipinski definition) is 2. The van der Waals surface area contributed by atoms with Crippen LogP contribution in [-0.2, 0) is 15.7 Å². The molecule has 1 aromatic rings. The molecule has 0 aromatic heterocycles. The Kier molecular flexibility index (Phi) is 4.75. The standard InChI is InChI=1S/C15H21BClNO4/c1-14(2)15(3,4)22-16(21-14)12-9-11(17)6-5-10(12)7-8-18-13(19)20/h5-6,9,18H,7-8H2,1-4H3,(H,19,20). The lowest BCUT2D eigenvalue weighted by atomic mass is 9.75. The fourth-order valence-corrected chi connectivity index (χ4v) is 2.47. The van der Waals surface area contributed by atoms with Gasteiger partial charge in [0.1, 0.15) is 0 Å². The molecule has 7 heteroatoms. The van der Waals surface area contributed by atoms with Crippen molar-refractivity contribution in [3.05, 3.63) is 28.8 Å². The molecular formula is C15H21BClNO4. The summed E-state index contributed by atoms with van der Waals surface area (Å²) in [5.74, 6) is 0. The van der Waals surface area contributed by atoms with Gasteiger partial charge in [-0.25, -0.2) is 4.79 Å². The van der Waals surface area contributed by atoms with Gasteiger partial charge in [-0.15, -0.1) is 0 Å². The molecule has 1 heterocycles. The van der Waals surface area contributed by atoms with Gasteiger partial charge in [0.05, 0.1) is 11.2 Å². The predicted molar refractivity (Wildman–Crippen MR) is 86.9 cm³/mol. The third-order valence-electron chi connectivity index (χ3n) is 4.29. The maximum absolute atomic E-state index is 10.6. The molecule has 1 aliphatic rings. The van der Waals surface area contributed by atoms with E-state index in [-0.39, 0.29) is 0 Å². The highest BCUT2D eigenvalue weighted by atomic mass is 35.5. The van der Waals surface area contributed by atoms with Crippen molar-refractivity contribution in [2.45, 2.75) is 45.3 Å². The average Bonchev–Trinajstić information content (AvgIpc) is 2.59. The first-order valence-electron chi connectivity index (χ1n) is 7.23. The molecule has 1 aromatic carbocycles. The zero-order valence-electron chi connectivity index (χ0n) is 13.3. The van der Waals surface area contributed by atoms with Gasteiger partial charge in [-0.1, -0.05) is 17.7 Å². The topological polar surface area (TPSA) is 67.8 Å². The minimum atomic E-state index is -1.04. The molecule has 0 radical (unpaired) electrons. The maximum atomic E-state index is 10.6. The highest BCUT2D eigenvalue weighted by Gasteiger charge is 2.52. The molecule has 0 spiro atoms. The molecule has 120 valence electrons. The zero-order valence-corrected chi connectivity index (χ0v) is 14.0. The van der Waals surface area contributed by atoms with Crippen LogP contribution in [0.2, 0.25) is 5.02 Å². The van der Waals surface area contributed by atoms with E-state index < -0.39 is 24.4 Å². The fraction of sp³-hybridized carbons (Fsp3) is 0.533. The molecule has 2 N–H and O–H groups in total. The quantitative estimate of drug-likeness (QED) is 0.834.